The normalized spacial score (nSPS) is 14.6. The Kier molecular flexibility index (Phi) is 5.73. The van der Waals surface area contributed by atoms with Crippen molar-refractivity contribution in [3.63, 3.8) is 0 Å². The van der Waals surface area contributed by atoms with Gasteiger partial charge in [0.15, 0.2) is 16.6 Å². The van der Waals surface area contributed by atoms with E-state index in [4.69, 9.17) is 21.1 Å². The maximum absolute atomic E-state index is 11.8. The quantitative estimate of drug-likeness (QED) is 0.680. The lowest BCUT2D eigenvalue weighted by molar-refractivity contribution is -0.116. The molecule has 0 atom stereocenters. The Morgan fingerprint density at radius 1 is 1.46 bits per heavy atom. The Hall–Kier alpha value is -1.79. The van der Waals surface area contributed by atoms with Gasteiger partial charge in [-0.25, -0.2) is 4.98 Å². The Morgan fingerprint density at radius 3 is 3.00 bits per heavy atom. The summed E-state index contributed by atoms with van der Waals surface area (Å²) in [6.45, 7) is 6.66. The molecule has 3 rings (SSSR count). The third-order valence-corrected chi connectivity index (χ3v) is 5.03. The summed E-state index contributed by atoms with van der Waals surface area (Å²) in [5, 5.41) is 5.36. The minimum absolute atomic E-state index is 0.0642. The van der Waals surface area contributed by atoms with Gasteiger partial charge in [-0.1, -0.05) is 0 Å². The van der Waals surface area contributed by atoms with Gasteiger partial charge in [0.1, 0.15) is 5.60 Å². The van der Waals surface area contributed by atoms with Crippen LogP contribution in [0.15, 0.2) is 17.5 Å². The fourth-order valence-electron chi connectivity index (χ4n) is 2.96. The molecule has 7 heteroatoms. The zero-order valence-electron chi connectivity index (χ0n) is 15.2. The fourth-order valence-corrected chi connectivity index (χ4v) is 3.83. The van der Waals surface area contributed by atoms with Gasteiger partial charge in [0.05, 0.1) is 12.3 Å². The SMILES string of the molecule is CCOc1cc(-c2csc(NC(=O)CCCCl)n2)cc2c1OC(C)(C)C2. The summed E-state index contributed by atoms with van der Waals surface area (Å²) in [5.41, 5.74) is 2.66. The van der Waals surface area contributed by atoms with Gasteiger partial charge in [0.2, 0.25) is 5.91 Å². The summed E-state index contributed by atoms with van der Waals surface area (Å²) < 4.78 is 11.8. The highest BCUT2D eigenvalue weighted by Crippen LogP contribution is 2.44. The second-order valence-electron chi connectivity index (χ2n) is 6.81. The van der Waals surface area contributed by atoms with E-state index in [9.17, 15) is 4.79 Å². The summed E-state index contributed by atoms with van der Waals surface area (Å²) in [6, 6.07) is 4.05. The number of alkyl halides is 1. The van der Waals surface area contributed by atoms with Gasteiger partial charge >= 0.3 is 0 Å². The first-order valence-corrected chi connectivity index (χ1v) is 10.1. The first-order chi connectivity index (χ1) is 12.4. The minimum Gasteiger partial charge on any atom is -0.490 e. The Labute approximate surface area is 162 Å². The average Bonchev–Trinajstić information content (AvgIpc) is 3.16. The van der Waals surface area contributed by atoms with Gasteiger partial charge in [-0.05, 0) is 39.3 Å². The van der Waals surface area contributed by atoms with E-state index in [0.29, 0.717) is 30.5 Å². The van der Waals surface area contributed by atoms with E-state index in [0.717, 1.165) is 34.7 Å². The van der Waals surface area contributed by atoms with Crippen molar-refractivity contribution in [2.45, 2.75) is 45.6 Å². The predicted octanol–water partition coefficient (Wildman–Crippen LogP) is 4.88. The lowest BCUT2D eigenvalue weighted by atomic mass is 9.99. The number of halogens is 1. The van der Waals surface area contributed by atoms with Crippen molar-refractivity contribution in [3.8, 4) is 22.8 Å². The molecule has 0 fully saturated rings. The Bertz CT molecular complexity index is 804. The largest absolute Gasteiger partial charge is 0.490 e. The van der Waals surface area contributed by atoms with Crippen LogP contribution >= 0.6 is 22.9 Å². The van der Waals surface area contributed by atoms with Crippen molar-refractivity contribution < 1.29 is 14.3 Å². The molecular formula is C19H23ClN2O3S. The third-order valence-electron chi connectivity index (χ3n) is 4.01. The molecule has 1 aromatic heterocycles. The van der Waals surface area contributed by atoms with Crippen molar-refractivity contribution in [1.82, 2.24) is 4.98 Å². The highest BCUT2D eigenvalue weighted by atomic mass is 35.5. The number of nitrogens with one attached hydrogen (secondary N) is 1. The maximum atomic E-state index is 11.8. The number of hydrogen-bond donors (Lipinski definition) is 1. The van der Waals surface area contributed by atoms with Crippen LogP contribution in [0.2, 0.25) is 0 Å². The molecule has 5 nitrogen and oxygen atoms in total. The number of nitrogens with zero attached hydrogens (tertiary/aromatic N) is 1. The van der Waals surface area contributed by atoms with Crippen molar-refractivity contribution in [1.29, 1.82) is 0 Å². The molecule has 0 saturated carbocycles. The van der Waals surface area contributed by atoms with E-state index in [2.05, 4.69) is 30.2 Å². The first kappa shape index (κ1) is 19.0. The standard InChI is InChI=1S/C19H23ClN2O3S/c1-4-24-15-9-12(8-13-10-19(2,3)25-17(13)15)14-11-26-18(21-14)22-16(23)6-5-7-20/h8-9,11H,4-7,10H2,1-3H3,(H,21,22,23). The zero-order valence-corrected chi connectivity index (χ0v) is 16.8. The number of anilines is 1. The molecule has 1 N–H and O–H groups in total. The molecule has 1 aliphatic rings. The number of ether oxygens (including phenoxy) is 2. The van der Waals surface area contributed by atoms with E-state index in [1.165, 1.54) is 11.3 Å². The van der Waals surface area contributed by atoms with Crippen LogP contribution in [-0.4, -0.2) is 29.0 Å². The molecule has 0 spiro atoms. The highest BCUT2D eigenvalue weighted by Gasteiger charge is 2.33. The molecule has 0 radical (unpaired) electrons. The lowest BCUT2D eigenvalue weighted by Gasteiger charge is -2.18. The molecule has 0 bridgehead atoms. The van der Waals surface area contributed by atoms with Crippen molar-refractivity contribution in [2.24, 2.45) is 0 Å². The van der Waals surface area contributed by atoms with Gasteiger partial charge in [0, 0.05) is 35.2 Å². The summed E-state index contributed by atoms with van der Waals surface area (Å²) in [4.78, 5) is 16.4. The smallest absolute Gasteiger partial charge is 0.226 e. The van der Waals surface area contributed by atoms with Crippen molar-refractivity contribution in [3.05, 3.63) is 23.1 Å². The van der Waals surface area contributed by atoms with Crippen LogP contribution in [0, 0.1) is 0 Å². The predicted molar refractivity (Wildman–Crippen MR) is 106 cm³/mol. The van der Waals surface area contributed by atoms with Gasteiger partial charge in [-0.15, -0.1) is 22.9 Å². The number of hydrogen-bond acceptors (Lipinski definition) is 5. The molecule has 140 valence electrons. The highest BCUT2D eigenvalue weighted by molar-refractivity contribution is 7.14. The maximum Gasteiger partial charge on any atom is 0.226 e. The van der Waals surface area contributed by atoms with E-state index in [-0.39, 0.29) is 11.5 Å². The topological polar surface area (TPSA) is 60.5 Å². The van der Waals surface area contributed by atoms with E-state index >= 15 is 0 Å². The number of rotatable bonds is 7. The van der Waals surface area contributed by atoms with Crippen LogP contribution in [0.3, 0.4) is 0 Å². The molecule has 0 unspecified atom stereocenters. The van der Waals surface area contributed by atoms with Gasteiger partial charge in [-0.3, -0.25) is 4.79 Å². The molecule has 1 aliphatic heterocycles. The number of carbonyl (C=O) groups excluding carboxylic acids is 1. The fraction of sp³-hybridized carbons (Fsp3) is 0.474. The summed E-state index contributed by atoms with van der Waals surface area (Å²) >= 11 is 7.03. The summed E-state index contributed by atoms with van der Waals surface area (Å²) in [6.07, 6.45) is 1.88. The van der Waals surface area contributed by atoms with Gasteiger partial charge in [0.25, 0.3) is 0 Å². The van der Waals surface area contributed by atoms with Crippen LogP contribution < -0.4 is 14.8 Å². The zero-order chi connectivity index (χ0) is 18.7. The monoisotopic (exact) mass is 394 g/mol. The minimum atomic E-state index is -0.240. The lowest BCUT2D eigenvalue weighted by Crippen LogP contribution is -2.24. The summed E-state index contributed by atoms with van der Waals surface area (Å²) in [5.74, 6) is 1.98. The van der Waals surface area contributed by atoms with E-state index < -0.39 is 0 Å². The molecule has 1 amide bonds. The van der Waals surface area contributed by atoms with E-state index in [1.807, 2.05) is 18.4 Å². The average molecular weight is 395 g/mol. The molecule has 0 saturated heterocycles. The number of amides is 1. The third kappa shape index (κ3) is 4.30. The second-order valence-corrected chi connectivity index (χ2v) is 8.05. The van der Waals surface area contributed by atoms with Crippen LogP contribution in [0.4, 0.5) is 5.13 Å². The number of thiazole rings is 1. The van der Waals surface area contributed by atoms with Crippen LogP contribution in [-0.2, 0) is 11.2 Å². The van der Waals surface area contributed by atoms with Gasteiger partial charge in [-0.2, -0.15) is 0 Å². The first-order valence-electron chi connectivity index (χ1n) is 8.72. The van der Waals surface area contributed by atoms with Crippen LogP contribution in [0.5, 0.6) is 11.5 Å². The van der Waals surface area contributed by atoms with Crippen molar-refractivity contribution >= 4 is 34.0 Å². The Morgan fingerprint density at radius 2 is 2.27 bits per heavy atom. The number of fused-ring (bicyclic) bond motifs is 1. The number of carbonyl (C=O) groups is 1. The van der Waals surface area contributed by atoms with Crippen molar-refractivity contribution in [2.75, 3.05) is 17.8 Å². The molecular weight excluding hydrogens is 372 g/mol. The summed E-state index contributed by atoms with van der Waals surface area (Å²) in [7, 11) is 0. The molecule has 2 aromatic rings. The molecule has 2 heterocycles. The number of aromatic nitrogens is 1. The second kappa shape index (κ2) is 7.84. The number of benzene rings is 1. The molecule has 26 heavy (non-hydrogen) atoms. The van der Waals surface area contributed by atoms with Crippen LogP contribution in [0.25, 0.3) is 11.3 Å². The van der Waals surface area contributed by atoms with Gasteiger partial charge < -0.3 is 14.8 Å². The Balaban J connectivity index is 1.84. The van der Waals surface area contributed by atoms with E-state index in [1.54, 1.807) is 0 Å². The molecule has 1 aromatic carbocycles. The molecule has 0 aliphatic carbocycles. The van der Waals surface area contributed by atoms with Crippen LogP contribution in [0.1, 0.15) is 39.2 Å².